The maximum Gasteiger partial charge on any atom is 0.304 e. The van der Waals surface area contributed by atoms with Crippen LogP contribution in [0, 0.1) is 23.7 Å². The van der Waals surface area contributed by atoms with Crippen LogP contribution < -0.4 is 0 Å². The summed E-state index contributed by atoms with van der Waals surface area (Å²) in [5.41, 5.74) is 0. The lowest BCUT2D eigenvalue weighted by Gasteiger charge is -2.48. The zero-order valence-electron chi connectivity index (χ0n) is 19.7. The molecule has 0 N–H and O–H groups in total. The molecule has 2 fully saturated rings. The highest BCUT2D eigenvalue weighted by Gasteiger charge is 2.49. The number of ether oxygens (including phenoxy) is 6. The van der Waals surface area contributed by atoms with Crippen LogP contribution in [0.2, 0.25) is 0 Å². The second kappa shape index (κ2) is 10.7. The molecule has 2 heterocycles. The topological polar surface area (TPSA) is 107 Å². The maximum absolute atomic E-state index is 11.7. The SMILES string of the molecule is CC(=O)OCC1O[C@H](OC(C)=O)C(C)[C@@H](C)[C@@H]1O[C@@H]1OC(C)[C@@H](C)[C@H](C)C1OC(C)=O. The lowest BCUT2D eigenvalue weighted by Crippen LogP contribution is -2.58. The van der Waals surface area contributed by atoms with Gasteiger partial charge in [-0.1, -0.05) is 27.7 Å². The van der Waals surface area contributed by atoms with E-state index in [1.54, 1.807) is 0 Å². The molecule has 0 radical (unpaired) electrons. The van der Waals surface area contributed by atoms with Gasteiger partial charge < -0.3 is 28.4 Å². The summed E-state index contributed by atoms with van der Waals surface area (Å²) >= 11 is 0. The van der Waals surface area contributed by atoms with E-state index in [1.165, 1.54) is 20.8 Å². The molecule has 0 aromatic heterocycles. The Morgan fingerprint density at radius 3 is 1.81 bits per heavy atom. The summed E-state index contributed by atoms with van der Waals surface area (Å²) in [5, 5.41) is 0. The molecule has 2 rings (SSSR count). The minimum absolute atomic E-state index is 0.00982. The number of hydrogen-bond donors (Lipinski definition) is 0. The van der Waals surface area contributed by atoms with Crippen LogP contribution in [-0.4, -0.2) is 61.5 Å². The maximum atomic E-state index is 11.7. The highest BCUT2D eigenvalue weighted by atomic mass is 16.7. The van der Waals surface area contributed by atoms with Crippen LogP contribution in [0.1, 0.15) is 55.4 Å². The molecular weight excluding hydrogens is 408 g/mol. The van der Waals surface area contributed by atoms with E-state index in [0.29, 0.717) is 0 Å². The molecule has 0 saturated carbocycles. The fourth-order valence-corrected chi connectivity index (χ4v) is 4.11. The van der Waals surface area contributed by atoms with E-state index in [4.69, 9.17) is 28.4 Å². The first-order valence-electron chi connectivity index (χ1n) is 10.9. The Hall–Kier alpha value is -1.71. The average molecular weight is 445 g/mol. The van der Waals surface area contributed by atoms with Crippen molar-refractivity contribution in [3.63, 3.8) is 0 Å². The standard InChI is InChI=1S/C22H36O9/c1-10-11(2)20(28-16(7)24)22(27-14(10)5)31-19-12(3)13(4)21(29-17(8)25)30-18(19)9-26-15(6)23/h10-14,18-22H,9H2,1-8H3/t10-,11-,12+,13?,14?,18?,19-,20?,21-,22-/m0/s1. The summed E-state index contributed by atoms with van der Waals surface area (Å²) in [6.45, 7) is 13.8. The van der Waals surface area contributed by atoms with Crippen molar-refractivity contribution >= 4 is 17.9 Å². The Morgan fingerprint density at radius 2 is 1.26 bits per heavy atom. The van der Waals surface area contributed by atoms with Crippen molar-refractivity contribution in [1.29, 1.82) is 0 Å². The molecule has 10 atom stereocenters. The lowest BCUT2D eigenvalue weighted by atomic mass is 9.83. The molecule has 0 bridgehead atoms. The molecule has 0 aliphatic carbocycles. The van der Waals surface area contributed by atoms with Gasteiger partial charge >= 0.3 is 17.9 Å². The van der Waals surface area contributed by atoms with E-state index in [9.17, 15) is 14.4 Å². The van der Waals surface area contributed by atoms with Crippen molar-refractivity contribution in [2.45, 2.75) is 92.4 Å². The molecule has 0 amide bonds. The largest absolute Gasteiger partial charge is 0.463 e. The molecule has 9 nitrogen and oxygen atoms in total. The minimum atomic E-state index is -0.807. The minimum Gasteiger partial charge on any atom is -0.463 e. The van der Waals surface area contributed by atoms with Crippen LogP contribution in [0.15, 0.2) is 0 Å². The first-order chi connectivity index (χ1) is 14.4. The summed E-state index contributed by atoms with van der Waals surface area (Å²) in [4.78, 5) is 34.6. The van der Waals surface area contributed by atoms with Gasteiger partial charge in [0.05, 0.1) is 12.2 Å². The normalized spacial score (nSPS) is 40.6. The molecule has 2 aliphatic heterocycles. The van der Waals surface area contributed by atoms with Gasteiger partial charge in [0.2, 0.25) is 6.29 Å². The Balaban J connectivity index is 2.26. The van der Waals surface area contributed by atoms with E-state index >= 15 is 0 Å². The number of hydrogen-bond acceptors (Lipinski definition) is 9. The van der Waals surface area contributed by atoms with Crippen molar-refractivity contribution in [3.8, 4) is 0 Å². The third-order valence-electron chi connectivity index (χ3n) is 6.48. The number of carbonyl (C=O) groups is 3. The summed E-state index contributed by atoms with van der Waals surface area (Å²) in [7, 11) is 0. The van der Waals surface area contributed by atoms with Gasteiger partial charge in [0.15, 0.2) is 12.4 Å². The van der Waals surface area contributed by atoms with E-state index < -0.39 is 48.8 Å². The quantitative estimate of drug-likeness (QED) is 0.451. The van der Waals surface area contributed by atoms with E-state index in [-0.39, 0.29) is 36.4 Å². The monoisotopic (exact) mass is 444 g/mol. The number of carbonyl (C=O) groups excluding carboxylic acids is 3. The zero-order chi connectivity index (χ0) is 23.5. The van der Waals surface area contributed by atoms with E-state index in [0.717, 1.165) is 0 Å². The Labute approximate surface area is 184 Å². The number of esters is 3. The van der Waals surface area contributed by atoms with Crippen LogP contribution >= 0.6 is 0 Å². The van der Waals surface area contributed by atoms with Crippen molar-refractivity contribution < 1.29 is 42.8 Å². The molecule has 0 aromatic carbocycles. The lowest BCUT2D eigenvalue weighted by molar-refractivity contribution is -0.330. The van der Waals surface area contributed by atoms with Crippen LogP contribution in [0.3, 0.4) is 0 Å². The number of rotatable bonds is 6. The van der Waals surface area contributed by atoms with Gasteiger partial charge in [-0.15, -0.1) is 0 Å². The second-order valence-corrected chi connectivity index (χ2v) is 8.78. The predicted molar refractivity (Wildman–Crippen MR) is 108 cm³/mol. The molecule has 2 saturated heterocycles. The molecular formula is C22H36O9. The van der Waals surface area contributed by atoms with E-state index in [1.807, 2.05) is 34.6 Å². The van der Waals surface area contributed by atoms with Gasteiger partial charge in [-0.25, -0.2) is 0 Å². The Bertz CT molecular complexity index is 651. The van der Waals surface area contributed by atoms with Crippen LogP contribution in [0.4, 0.5) is 0 Å². The highest BCUT2D eigenvalue weighted by Crippen LogP contribution is 2.38. The summed E-state index contributed by atoms with van der Waals surface area (Å²) in [5.74, 6) is -1.48. The van der Waals surface area contributed by atoms with Crippen LogP contribution in [-0.2, 0) is 42.8 Å². The second-order valence-electron chi connectivity index (χ2n) is 8.78. The predicted octanol–water partition coefficient (Wildman–Crippen LogP) is 2.44. The van der Waals surface area contributed by atoms with Crippen LogP contribution in [0.25, 0.3) is 0 Å². The van der Waals surface area contributed by atoms with Gasteiger partial charge in [-0.3, -0.25) is 14.4 Å². The zero-order valence-corrected chi connectivity index (χ0v) is 19.7. The third kappa shape index (κ3) is 6.40. The van der Waals surface area contributed by atoms with Gasteiger partial charge in [0.1, 0.15) is 12.7 Å². The molecule has 9 heteroatoms. The van der Waals surface area contributed by atoms with Gasteiger partial charge in [-0.2, -0.15) is 0 Å². The summed E-state index contributed by atoms with van der Waals surface area (Å²) in [6, 6.07) is 0. The Kier molecular flexibility index (Phi) is 8.85. The molecule has 0 spiro atoms. The first-order valence-corrected chi connectivity index (χ1v) is 10.9. The molecule has 178 valence electrons. The van der Waals surface area contributed by atoms with Crippen molar-refractivity contribution in [2.75, 3.05) is 6.61 Å². The fourth-order valence-electron chi connectivity index (χ4n) is 4.11. The smallest absolute Gasteiger partial charge is 0.304 e. The first kappa shape index (κ1) is 25.5. The molecule has 31 heavy (non-hydrogen) atoms. The Morgan fingerprint density at radius 1 is 0.677 bits per heavy atom. The summed E-state index contributed by atoms with van der Waals surface area (Å²) < 4.78 is 34.5. The van der Waals surface area contributed by atoms with Crippen LogP contribution in [0.5, 0.6) is 0 Å². The van der Waals surface area contributed by atoms with E-state index in [2.05, 4.69) is 0 Å². The fraction of sp³-hybridized carbons (Fsp3) is 0.864. The molecule has 2 aliphatic rings. The van der Waals surface area contributed by atoms with Gasteiger partial charge in [0.25, 0.3) is 0 Å². The average Bonchev–Trinajstić information content (AvgIpc) is 2.67. The van der Waals surface area contributed by atoms with Crippen molar-refractivity contribution in [2.24, 2.45) is 23.7 Å². The van der Waals surface area contributed by atoms with Crippen molar-refractivity contribution in [3.05, 3.63) is 0 Å². The van der Waals surface area contributed by atoms with Gasteiger partial charge in [0, 0.05) is 32.6 Å². The molecule has 0 aromatic rings. The highest BCUT2D eigenvalue weighted by molar-refractivity contribution is 5.66. The molecule has 4 unspecified atom stereocenters. The third-order valence-corrected chi connectivity index (χ3v) is 6.48. The van der Waals surface area contributed by atoms with Gasteiger partial charge in [-0.05, 0) is 18.8 Å². The van der Waals surface area contributed by atoms with Crippen molar-refractivity contribution in [1.82, 2.24) is 0 Å². The summed E-state index contributed by atoms with van der Waals surface area (Å²) in [6.07, 6.45) is -3.53.